The molecule has 0 bridgehead atoms. The van der Waals surface area contributed by atoms with E-state index in [-0.39, 0.29) is 6.69 Å². The zero-order chi connectivity index (χ0) is 8.41. The van der Waals surface area contributed by atoms with Crippen molar-refractivity contribution >= 4 is 18.3 Å². The molecular formula is C7H20BNS. The van der Waals surface area contributed by atoms with Crippen LogP contribution in [0.2, 0.25) is 0 Å². The number of rotatable bonds is 2. The standard InChI is InChI=1S/C7H20BNS/c1-7(2,3)10-8-9(4,5)6/h8H2,1-6H3. The van der Waals surface area contributed by atoms with E-state index in [2.05, 4.69) is 53.5 Å². The second-order valence-corrected chi connectivity index (χ2v) is 7.18. The third kappa shape index (κ3) is 8.37. The minimum Gasteiger partial charge on any atom is -0.519 e. The maximum absolute atomic E-state index is 2.29. The minimum absolute atomic E-state index is 0.118. The van der Waals surface area contributed by atoms with E-state index < -0.39 is 0 Å². The molecule has 0 radical (unpaired) electrons. The molecule has 3 heteroatoms. The van der Waals surface area contributed by atoms with Crippen LogP contribution < -0.4 is 0 Å². The van der Waals surface area contributed by atoms with Crippen molar-refractivity contribution in [2.75, 3.05) is 21.1 Å². The van der Waals surface area contributed by atoms with Crippen molar-refractivity contribution in [2.45, 2.75) is 25.5 Å². The lowest BCUT2D eigenvalue weighted by Gasteiger charge is -2.36. The lowest BCUT2D eigenvalue weighted by Crippen LogP contribution is -2.38. The minimum atomic E-state index is 0.118. The van der Waals surface area contributed by atoms with E-state index in [1.165, 1.54) is 4.39 Å². The molecule has 0 N–H and O–H groups in total. The Balaban J connectivity index is 3.56. The van der Waals surface area contributed by atoms with Crippen molar-refractivity contribution in [3.8, 4) is 0 Å². The normalized spacial score (nSPS) is 13.8. The van der Waals surface area contributed by atoms with Crippen LogP contribution in [0, 0.1) is 0 Å². The van der Waals surface area contributed by atoms with Gasteiger partial charge < -0.3 is 16.0 Å². The van der Waals surface area contributed by atoms with Gasteiger partial charge in [-0.25, -0.2) is 0 Å². The lowest BCUT2D eigenvalue weighted by molar-refractivity contribution is -0.752. The van der Waals surface area contributed by atoms with Crippen LogP contribution in [0.1, 0.15) is 20.8 Å². The molecule has 0 aromatic heterocycles. The van der Waals surface area contributed by atoms with Crippen LogP contribution in [0.5, 0.6) is 0 Å². The predicted octanol–water partition coefficient (Wildman–Crippen LogP) is 1.22. The Kier molecular flexibility index (Phi) is 3.30. The average molecular weight is 161 g/mol. The molecule has 0 aliphatic rings. The zero-order valence-electron chi connectivity index (χ0n) is 8.36. The summed E-state index contributed by atoms with van der Waals surface area (Å²) in [6.45, 7) is 6.98. The maximum Gasteiger partial charge on any atom is 0.237 e. The van der Waals surface area contributed by atoms with Crippen molar-refractivity contribution < 1.29 is 4.39 Å². The molecule has 0 unspecified atom stereocenters. The third-order valence-electron chi connectivity index (χ3n) is 1.25. The zero-order valence-corrected chi connectivity index (χ0v) is 9.17. The van der Waals surface area contributed by atoms with Crippen molar-refractivity contribution in [3.05, 3.63) is 0 Å². The fourth-order valence-corrected chi connectivity index (χ4v) is 1.64. The maximum atomic E-state index is 2.29. The Bertz CT molecular complexity index is 87.2. The summed E-state index contributed by atoms with van der Waals surface area (Å²) < 4.78 is 1.63. The molecule has 10 heavy (non-hydrogen) atoms. The molecule has 1 nitrogen and oxygen atoms in total. The highest BCUT2D eigenvalue weighted by Gasteiger charge is 2.10. The van der Waals surface area contributed by atoms with E-state index >= 15 is 0 Å². The summed E-state index contributed by atoms with van der Waals surface area (Å²) in [7, 11) is 6.83. The molecule has 0 atom stereocenters. The topological polar surface area (TPSA) is 0 Å². The lowest BCUT2D eigenvalue weighted by atomic mass is 10.2. The van der Waals surface area contributed by atoms with Crippen LogP contribution >= 0.6 is 11.6 Å². The molecule has 0 saturated heterocycles. The van der Waals surface area contributed by atoms with E-state index in [0.717, 1.165) is 0 Å². The van der Waals surface area contributed by atoms with Crippen LogP contribution in [0.15, 0.2) is 0 Å². The highest BCUT2D eigenvalue weighted by Crippen LogP contribution is 2.22. The molecule has 0 aliphatic heterocycles. The first kappa shape index (κ1) is 10.4. The van der Waals surface area contributed by atoms with Gasteiger partial charge in [-0.05, 0) is 4.75 Å². The first-order valence-corrected chi connectivity index (χ1v) is 5.13. The molecule has 0 spiro atoms. The van der Waals surface area contributed by atoms with E-state index in [4.69, 9.17) is 0 Å². The Morgan fingerprint density at radius 3 is 1.60 bits per heavy atom. The highest BCUT2D eigenvalue weighted by atomic mass is 32.2. The quantitative estimate of drug-likeness (QED) is 0.549. The largest absolute Gasteiger partial charge is 0.519 e. The second-order valence-electron chi connectivity index (χ2n) is 5.18. The molecule has 0 rings (SSSR count). The fourth-order valence-electron chi connectivity index (χ4n) is 0.548. The van der Waals surface area contributed by atoms with E-state index in [0.29, 0.717) is 4.75 Å². The summed E-state index contributed by atoms with van der Waals surface area (Å²) in [6, 6.07) is 0. The number of quaternary nitrogens is 1. The molecule has 0 aromatic carbocycles. The molecule has 0 amide bonds. The fraction of sp³-hybridized carbons (Fsp3) is 1.00. The monoisotopic (exact) mass is 161 g/mol. The van der Waals surface area contributed by atoms with Crippen LogP contribution in [-0.4, -0.2) is 37.0 Å². The van der Waals surface area contributed by atoms with Gasteiger partial charge >= 0.3 is 0 Å². The van der Waals surface area contributed by atoms with Crippen molar-refractivity contribution in [1.82, 2.24) is 0 Å². The Morgan fingerprint density at radius 1 is 1.10 bits per heavy atom. The SMILES string of the molecule is CC(C)(C)S[BH2-][N+](C)(C)C. The second kappa shape index (κ2) is 3.18. The predicted molar refractivity (Wildman–Crippen MR) is 53.9 cm³/mol. The van der Waals surface area contributed by atoms with Gasteiger partial charge in [0, 0.05) is 21.1 Å². The molecular weight excluding hydrogens is 141 g/mol. The first-order valence-electron chi connectivity index (χ1n) is 3.90. The molecule has 62 valence electrons. The van der Waals surface area contributed by atoms with Crippen LogP contribution in [0.25, 0.3) is 0 Å². The Morgan fingerprint density at radius 2 is 1.50 bits per heavy atom. The van der Waals surface area contributed by atoms with Gasteiger partial charge in [0.25, 0.3) is 0 Å². The highest BCUT2D eigenvalue weighted by molar-refractivity contribution is 8.22. The van der Waals surface area contributed by atoms with Gasteiger partial charge in [-0.2, -0.15) is 0 Å². The van der Waals surface area contributed by atoms with E-state index in [1.807, 2.05) is 0 Å². The van der Waals surface area contributed by atoms with Crippen molar-refractivity contribution in [1.29, 1.82) is 0 Å². The summed E-state index contributed by atoms with van der Waals surface area (Å²) >= 11 is 2.14. The summed E-state index contributed by atoms with van der Waals surface area (Å²) in [6.07, 6.45) is 0. The van der Waals surface area contributed by atoms with Crippen molar-refractivity contribution in [3.63, 3.8) is 0 Å². The van der Waals surface area contributed by atoms with Crippen LogP contribution in [-0.2, 0) is 0 Å². The Hall–Kier alpha value is 0.375. The number of hydrogen-bond donors (Lipinski definition) is 0. The summed E-state index contributed by atoms with van der Waals surface area (Å²) in [5.41, 5.74) is 0. The molecule has 0 heterocycles. The van der Waals surface area contributed by atoms with E-state index in [9.17, 15) is 0 Å². The number of hydrogen-bond acceptors (Lipinski definition) is 1. The molecule has 0 aliphatic carbocycles. The van der Waals surface area contributed by atoms with Gasteiger partial charge in [-0.1, -0.05) is 20.8 Å². The molecule has 0 saturated carbocycles. The van der Waals surface area contributed by atoms with Gasteiger partial charge in [0.1, 0.15) is 0 Å². The van der Waals surface area contributed by atoms with Crippen LogP contribution in [0.3, 0.4) is 0 Å². The number of nitrogens with zero attached hydrogens (tertiary/aromatic N) is 1. The molecule has 0 aromatic rings. The summed E-state index contributed by atoms with van der Waals surface area (Å²) in [5, 5.41) is 0. The summed E-state index contributed by atoms with van der Waals surface area (Å²) in [5.74, 6) is 0. The van der Waals surface area contributed by atoms with Gasteiger partial charge in [-0.3, -0.25) is 0 Å². The molecule has 0 fully saturated rings. The third-order valence-corrected chi connectivity index (χ3v) is 3.75. The first-order chi connectivity index (χ1) is 4.21. The van der Waals surface area contributed by atoms with Gasteiger partial charge in [0.05, 0.1) is 0 Å². The van der Waals surface area contributed by atoms with Crippen LogP contribution in [0.4, 0.5) is 0 Å². The van der Waals surface area contributed by atoms with Gasteiger partial charge in [0.15, 0.2) is 0 Å². The Labute approximate surface area is 69.9 Å². The van der Waals surface area contributed by atoms with Gasteiger partial charge in [0.2, 0.25) is 6.69 Å². The summed E-state index contributed by atoms with van der Waals surface area (Å²) in [4.78, 5) is 0. The van der Waals surface area contributed by atoms with Crippen molar-refractivity contribution in [2.24, 2.45) is 0 Å². The van der Waals surface area contributed by atoms with E-state index in [1.54, 1.807) is 0 Å². The smallest absolute Gasteiger partial charge is 0.237 e. The van der Waals surface area contributed by atoms with Gasteiger partial charge in [-0.15, -0.1) is 0 Å². The average Bonchev–Trinajstić information content (AvgIpc) is 1.57.